The second-order valence-electron chi connectivity index (χ2n) is 5.81. The highest BCUT2D eigenvalue weighted by molar-refractivity contribution is 6.30. The summed E-state index contributed by atoms with van der Waals surface area (Å²) >= 11 is 5.86. The van der Waals surface area contributed by atoms with E-state index >= 15 is 0 Å². The maximum Gasteiger partial charge on any atom is 0.255 e. The number of halogens is 1. The molecule has 0 aliphatic carbocycles. The van der Waals surface area contributed by atoms with Crippen molar-refractivity contribution in [3.05, 3.63) is 76.9 Å². The molecule has 6 nitrogen and oxygen atoms in total. The molecule has 0 fully saturated rings. The highest BCUT2D eigenvalue weighted by atomic mass is 35.5. The van der Waals surface area contributed by atoms with Gasteiger partial charge in [0.1, 0.15) is 5.52 Å². The zero-order valence-electron chi connectivity index (χ0n) is 13.8. The number of hydrogen-bond donors (Lipinski definition) is 1. The fraction of sp³-hybridized carbons (Fsp3) is 0.0526. The number of pyridine rings is 1. The number of nitrogens with one attached hydrogen (secondary N) is 1. The first-order chi connectivity index (χ1) is 12.6. The number of carbonyl (C=O) groups is 1. The number of amides is 1. The van der Waals surface area contributed by atoms with Crippen LogP contribution in [-0.4, -0.2) is 25.9 Å². The van der Waals surface area contributed by atoms with Crippen molar-refractivity contribution in [1.82, 2.24) is 20.0 Å². The molecule has 26 heavy (non-hydrogen) atoms. The Bertz CT molecular complexity index is 1100. The first kappa shape index (κ1) is 16.2. The van der Waals surface area contributed by atoms with E-state index in [1.54, 1.807) is 41.2 Å². The topological polar surface area (TPSA) is 72.7 Å². The van der Waals surface area contributed by atoms with Gasteiger partial charge >= 0.3 is 0 Å². The second kappa shape index (κ2) is 6.57. The summed E-state index contributed by atoms with van der Waals surface area (Å²) in [6.07, 6.45) is 1.70. The molecule has 2 heterocycles. The van der Waals surface area contributed by atoms with Gasteiger partial charge in [-0.1, -0.05) is 16.8 Å². The molecule has 0 bridgehead atoms. The van der Waals surface area contributed by atoms with Crippen molar-refractivity contribution in [3.8, 4) is 5.69 Å². The van der Waals surface area contributed by atoms with Crippen LogP contribution in [0.4, 0.5) is 5.69 Å². The van der Waals surface area contributed by atoms with Crippen molar-refractivity contribution in [1.29, 1.82) is 0 Å². The van der Waals surface area contributed by atoms with E-state index in [2.05, 4.69) is 20.6 Å². The fourth-order valence-electron chi connectivity index (χ4n) is 2.70. The summed E-state index contributed by atoms with van der Waals surface area (Å²) in [7, 11) is 0. The van der Waals surface area contributed by atoms with Crippen LogP contribution in [0, 0.1) is 6.92 Å². The Morgan fingerprint density at radius 2 is 1.92 bits per heavy atom. The Morgan fingerprint density at radius 1 is 1.12 bits per heavy atom. The average molecular weight is 364 g/mol. The SMILES string of the molecule is Cc1cc(C(=O)Nc2ccc(Cl)cc2)ccc1-n1nnc2cccnc21. The molecular formula is C19H14ClN5O. The zero-order chi connectivity index (χ0) is 18.1. The summed E-state index contributed by atoms with van der Waals surface area (Å²) in [5, 5.41) is 11.8. The lowest BCUT2D eigenvalue weighted by molar-refractivity contribution is 0.102. The Hall–Kier alpha value is -3.25. The van der Waals surface area contributed by atoms with Crippen LogP contribution in [-0.2, 0) is 0 Å². The summed E-state index contributed by atoms with van der Waals surface area (Å²) in [6, 6.07) is 16.1. The highest BCUT2D eigenvalue weighted by Crippen LogP contribution is 2.20. The van der Waals surface area contributed by atoms with E-state index in [1.165, 1.54) is 0 Å². The van der Waals surface area contributed by atoms with Crippen LogP contribution in [0.2, 0.25) is 5.02 Å². The van der Waals surface area contributed by atoms with Crippen molar-refractivity contribution in [3.63, 3.8) is 0 Å². The lowest BCUT2D eigenvalue weighted by Crippen LogP contribution is -2.12. The van der Waals surface area contributed by atoms with Crippen LogP contribution in [0.3, 0.4) is 0 Å². The van der Waals surface area contributed by atoms with E-state index < -0.39 is 0 Å². The molecule has 1 N–H and O–H groups in total. The quantitative estimate of drug-likeness (QED) is 0.596. The van der Waals surface area contributed by atoms with Gasteiger partial charge in [0, 0.05) is 22.5 Å². The van der Waals surface area contributed by atoms with Crippen molar-refractivity contribution >= 4 is 34.4 Å². The van der Waals surface area contributed by atoms with Gasteiger partial charge in [-0.2, -0.15) is 4.68 Å². The minimum absolute atomic E-state index is 0.191. The Morgan fingerprint density at radius 3 is 2.69 bits per heavy atom. The summed E-state index contributed by atoms with van der Waals surface area (Å²) < 4.78 is 1.67. The third kappa shape index (κ3) is 3.02. The number of hydrogen-bond acceptors (Lipinski definition) is 4. The maximum atomic E-state index is 12.5. The second-order valence-corrected chi connectivity index (χ2v) is 6.25. The fourth-order valence-corrected chi connectivity index (χ4v) is 2.82. The van der Waals surface area contributed by atoms with Crippen LogP contribution in [0.5, 0.6) is 0 Å². The molecule has 4 aromatic rings. The molecule has 7 heteroatoms. The number of aromatic nitrogens is 4. The van der Waals surface area contributed by atoms with Gasteiger partial charge in [-0.3, -0.25) is 4.79 Å². The normalized spacial score (nSPS) is 10.8. The first-order valence-electron chi connectivity index (χ1n) is 7.96. The van der Waals surface area contributed by atoms with Crippen molar-refractivity contribution in [2.75, 3.05) is 5.32 Å². The third-order valence-electron chi connectivity index (χ3n) is 4.00. The van der Waals surface area contributed by atoms with Crippen LogP contribution in [0.25, 0.3) is 16.9 Å². The predicted molar refractivity (Wildman–Crippen MR) is 101 cm³/mol. The molecule has 1 amide bonds. The van der Waals surface area contributed by atoms with Crippen LogP contribution in [0.15, 0.2) is 60.8 Å². The highest BCUT2D eigenvalue weighted by Gasteiger charge is 2.12. The van der Waals surface area contributed by atoms with Gasteiger partial charge in [0.2, 0.25) is 0 Å². The lowest BCUT2D eigenvalue weighted by atomic mass is 10.1. The summed E-state index contributed by atoms with van der Waals surface area (Å²) in [6.45, 7) is 1.92. The molecule has 0 saturated carbocycles. The molecule has 0 saturated heterocycles. The molecule has 0 unspecified atom stereocenters. The van der Waals surface area contributed by atoms with E-state index in [0.29, 0.717) is 21.9 Å². The molecule has 0 aliphatic heterocycles. The number of aryl methyl sites for hydroxylation is 1. The molecule has 4 rings (SSSR count). The zero-order valence-corrected chi connectivity index (χ0v) is 14.6. The van der Waals surface area contributed by atoms with E-state index in [-0.39, 0.29) is 5.91 Å². The standard InChI is InChI=1S/C19H14ClN5O/c1-12-11-13(19(26)22-15-7-5-14(20)6-8-15)4-9-17(12)25-18-16(23-24-25)3-2-10-21-18/h2-11H,1H3,(H,22,26). The molecular weight excluding hydrogens is 350 g/mol. The summed E-state index contributed by atoms with van der Waals surface area (Å²) in [5.41, 5.74) is 4.36. The van der Waals surface area contributed by atoms with Crippen LogP contribution in [0.1, 0.15) is 15.9 Å². The molecule has 2 aromatic heterocycles. The number of rotatable bonds is 3. The minimum atomic E-state index is -0.191. The first-order valence-corrected chi connectivity index (χ1v) is 8.34. The van der Waals surface area contributed by atoms with Crippen molar-refractivity contribution < 1.29 is 4.79 Å². The van der Waals surface area contributed by atoms with E-state index in [0.717, 1.165) is 16.8 Å². The van der Waals surface area contributed by atoms with Gasteiger partial charge in [0.25, 0.3) is 5.91 Å². The molecule has 0 spiro atoms. The third-order valence-corrected chi connectivity index (χ3v) is 4.25. The molecule has 0 aliphatic rings. The van der Waals surface area contributed by atoms with Crippen molar-refractivity contribution in [2.45, 2.75) is 6.92 Å². The van der Waals surface area contributed by atoms with E-state index in [1.807, 2.05) is 31.2 Å². The summed E-state index contributed by atoms with van der Waals surface area (Å²) in [4.78, 5) is 16.8. The Kier molecular flexibility index (Phi) is 4.10. The van der Waals surface area contributed by atoms with Gasteiger partial charge in [-0.05, 0) is 67.1 Å². The van der Waals surface area contributed by atoms with Gasteiger partial charge < -0.3 is 5.32 Å². The van der Waals surface area contributed by atoms with Crippen molar-refractivity contribution in [2.24, 2.45) is 0 Å². The number of carbonyl (C=O) groups excluding carboxylic acids is 1. The Balaban J connectivity index is 1.63. The number of fused-ring (bicyclic) bond motifs is 1. The molecule has 2 aromatic carbocycles. The molecule has 0 atom stereocenters. The van der Waals surface area contributed by atoms with Crippen LogP contribution >= 0.6 is 11.6 Å². The smallest absolute Gasteiger partial charge is 0.255 e. The minimum Gasteiger partial charge on any atom is -0.322 e. The average Bonchev–Trinajstić information content (AvgIpc) is 3.07. The van der Waals surface area contributed by atoms with Gasteiger partial charge in [-0.15, -0.1) is 5.10 Å². The maximum absolute atomic E-state index is 12.5. The number of benzene rings is 2. The molecule has 128 valence electrons. The van der Waals surface area contributed by atoms with Crippen LogP contribution < -0.4 is 5.32 Å². The number of anilines is 1. The van der Waals surface area contributed by atoms with Gasteiger partial charge in [0.05, 0.1) is 5.69 Å². The number of nitrogens with zero attached hydrogens (tertiary/aromatic N) is 4. The predicted octanol–water partition coefficient (Wildman–Crippen LogP) is 4.03. The lowest BCUT2D eigenvalue weighted by Gasteiger charge is -2.09. The van der Waals surface area contributed by atoms with Gasteiger partial charge in [-0.25, -0.2) is 4.98 Å². The summed E-state index contributed by atoms with van der Waals surface area (Å²) in [5.74, 6) is -0.191. The Labute approximate surface area is 154 Å². The van der Waals surface area contributed by atoms with E-state index in [9.17, 15) is 4.79 Å². The van der Waals surface area contributed by atoms with Gasteiger partial charge in [0.15, 0.2) is 5.65 Å². The van der Waals surface area contributed by atoms with E-state index in [4.69, 9.17) is 11.6 Å². The largest absolute Gasteiger partial charge is 0.322 e. The molecule has 0 radical (unpaired) electrons. The monoisotopic (exact) mass is 363 g/mol.